The number of aromatic nitrogens is 2. The maximum absolute atomic E-state index is 13.8. The summed E-state index contributed by atoms with van der Waals surface area (Å²) >= 11 is 5.94. The Labute approximate surface area is 235 Å². The summed E-state index contributed by atoms with van der Waals surface area (Å²) in [5.74, 6) is -0.889. The summed E-state index contributed by atoms with van der Waals surface area (Å²) in [6.07, 6.45) is -0.459. The Morgan fingerprint density at radius 3 is 2.45 bits per heavy atom. The lowest BCUT2D eigenvalue weighted by Crippen LogP contribution is -2.27. The second kappa shape index (κ2) is 12.0. The quantitative estimate of drug-likeness (QED) is 0.201. The van der Waals surface area contributed by atoms with E-state index in [2.05, 4.69) is 14.9 Å². The first-order valence-corrected chi connectivity index (χ1v) is 13.3. The Hall–Kier alpha value is -4.10. The molecule has 0 aliphatic carbocycles. The lowest BCUT2D eigenvalue weighted by atomic mass is 9.87. The van der Waals surface area contributed by atoms with E-state index in [1.807, 2.05) is 79.0 Å². The van der Waals surface area contributed by atoms with Crippen molar-refractivity contribution in [2.75, 3.05) is 6.54 Å². The Balaban J connectivity index is 1.51. The molecule has 2 heterocycles. The number of hydrogen-bond acceptors (Lipinski definition) is 2. The Morgan fingerprint density at radius 1 is 0.950 bits per heavy atom. The van der Waals surface area contributed by atoms with Crippen molar-refractivity contribution < 1.29 is 18.0 Å². The van der Waals surface area contributed by atoms with Crippen LogP contribution in [0.15, 0.2) is 103 Å². The Kier molecular flexibility index (Phi) is 8.21. The number of halogens is 4. The van der Waals surface area contributed by atoms with Crippen LogP contribution in [0.3, 0.4) is 0 Å². The van der Waals surface area contributed by atoms with Crippen molar-refractivity contribution >= 4 is 28.4 Å². The lowest BCUT2D eigenvalue weighted by Gasteiger charge is -2.19. The summed E-state index contributed by atoms with van der Waals surface area (Å²) in [6, 6.07) is 27.2. The van der Waals surface area contributed by atoms with Crippen LogP contribution >= 0.6 is 11.6 Å². The van der Waals surface area contributed by atoms with Crippen molar-refractivity contribution in [3.63, 3.8) is 0 Å². The maximum atomic E-state index is 13.8. The van der Waals surface area contributed by atoms with E-state index in [9.17, 15) is 18.0 Å². The molecule has 0 fully saturated rings. The number of carbonyl (C=O) groups excluding carboxylic acids is 1. The third-order valence-electron chi connectivity index (χ3n) is 6.91. The first kappa shape index (κ1) is 27.5. The molecule has 3 aromatic carbocycles. The first-order chi connectivity index (χ1) is 19.3. The van der Waals surface area contributed by atoms with Crippen LogP contribution in [0.1, 0.15) is 40.3 Å². The minimum atomic E-state index is -4.62. The number of nitrogens with zero attached hydrogens (tertiary/aromatic N) is 2. The average Bonchev–Trinajstić information content (AvgIpc) is 3.30. The molecule has 0 aliphatic heterocycles. The molecule has 0 spiro atoms. The molecule has 40 heavy (non-hydrogen) atoms. The SMILES string of the molecule is O=C(CC(c1ccc(Cl)c(C(F)(F)F)c1)c1cn(Cc2ccccc2)c2ccccc12)NCCc1ccccn1. The second-order valence-electron chi connectivity index (χ2n) is 9.63. The molecule has 0 radical (unpaired) electrons. The van der Waals surface area contributed by atoms with E-state index in [1.54, 1.807) is 12.3 Å². The van der Waals surface area contributed by atoms with E-state index in [1.165, 1.54) is 6.07 Å². The van der Waals surface area contributed by atoms with Crippen LogP contribution in [-0.2, 0) is 23.9 Å². The van der Waals surface area contributed by atoms with Gasteiger partial charge in [-0.3, -0.25) is 9.78 Å². The van der Waals surface area contributed by atoms with Crippen LogP contribution in [0.2, 0.25) is 5.02 Å². The minimum Gasteiger partial charge on any atom is -0.356 e. The molecule has 5 aromatic rings. The van der Waals surface area contributed by atoms with E-state index in [-0.39, 0.29) is 17.4 Å². The molecule has 5 rings (SSSR count). The summed E-state index contributed by atoms with van der Waals surface area (Å²) in [5, 5.41) is 3.43. The first-order valence-electron chi connectivity index (χ1n) is 12.9. The van der Waals surface area contributed by atoms with Gasteiger partial charge in [0, 0.05) is 60.8 Å². The number of alkyl halides is 3. The van der Waals surface area contributed by atoms with Crippen molar-refractivity contribution in [2.24, 2.45) is 0 Å². The van der Waals surface area contributed by atoms with Gasteiger partial charge in [-0.1, -0.05) is 72.3 Å². The van der Waals surface area contributed by atoms with E-state index < -0.39 is 17.7 Å². The van der Waals surface area contributed by atoms with Gasteiger partial charge in [0.1, 0.15) is 0 Å². The summed E-state index contributed by atoms with van der Waals surface area (Å²) in [5.41, 5.74) is 3.11. The number of amides is 1. The predicted molar refractivity (Wildman–Crippen MR) is 151 cm³/mol. The topological polar surface area (TPSA) is 46.9 Å². The van der Waals surface area contributed by atoms with Gasteiger partial charge in [-0.25, -0.2) is 0 Å². The van der Waals surface area contributed by atoms with Gasteiger partial charge in [-0.05, 0) is 47.0 Å². The number of rotatable bonds is 9. The van der Waals surface area contributed by atoms with Crippen molar-refractivity contribution in [3.05, 3.63) is 136 Å². The molecule has 204 valence electrons. The standard InChI is InChI=1S/C32H27ClF3N3O/c33-29-14-13-23(18-28(29)32(34,35)36)26(19-31(40)38-17-15-24-10-6-7-16-37-24)27-21-39(20-22-8-2-1-3-9-22)30-12-5-4-11-25(27)30/h1-14,16,18,21,26H,15,17,19-20H2,(H,38,40). The van der Waals surface area contributed by atoms with Gasteiger partial charge in [0.2, 0.25) is 5.91 Å². The van der Waals surface area contributed by atoms with Gasteiger partial charge in [0.15, 0.2) is 0 Å². The molecule has 1 amide bonds. The lowest BCUT2D eigenvalue weighted by molar-refractivity contribution is -0.137. The third-order valence-corrected chi connectivity index (χ3v) is 7.24. The molecule has 1 unspecified atom stereocenters. The molecular formula is C32H27ClF3N3O. The monoisotopic (exact) mass is 561 g/mol. The summed E-state index contributed by atoms with van der Waals surface area (Å²) in [6.45, 7) is 0.950. The second-order valence-corrected chi connectivity index (χ2v) is 10.0. The fourth-order valence-electron chi connectivity index (χ4n) is 4.98. The van der Waals surface area contributed by atoms with Crippen molar-refractivity contribution in [2.45, 2.75) is 31.5 Å². The number of benzene rings is 3. The van der Waals surface area contributed by atoms with Gasteiger partial charge in [0.25, 0.3) is 0 Å². The maximum Gasteiger partial charge on any atom is 0.417 e. The van der Waals surface area contributed by atoms with E-state index in [4.69, 9.17) is 11.6 Å². The van der Waals surface area contributed by atoms with E-state index >= 15 is 0 Å². The van der Waals surface area contributed by atoms with Crippen LogP contribution in [0.4, 0.5) is 13.2 Å². The third kappa shape index (κ3) is 6.37. The highest BCUT2D eigenvalue weighted by Gasteiger charge is 2.34. The molecule has 0 saturated carbocycles. The minimum absolute atomic E-state index is 0.0273. The van der Waals surface area contributed by atoms with Crippen LogP contribution in [0.25, 0.3) is 10.9 Å². The summed E-state index contributed by atoms with van der Waals surface area (Å²) in [4.78, 5) is 17.5. The van der Waals surface area contributed by atoms with Gasteiger partial charge < -0.3 is 9.88 Å². The van der Waals surface area contributed by atoms with Crippen molar-refractivity contribution in [3.8, 4) is 0 Å². The van der Waals surface area contributed by atoms with Crippen LogP contribution in [0.5, 0.6) is 0 Å². The number of hydrogen-bond donors (Lipinski definition) is 1. The Morgan fingerprint density at radius 2 is 1.70 bits per heavy atom. The Bertz CT molecular complexity index is 1600. The highest BCUT2D eigenvalue weighted by molar-refractivity contribution is 6.31. The number of para-hydroxylation sites is 1. The van der Waals surface area contributed by atoms with Gasteiger partial charge in [-0.2, -0.15) is 13.2 Å². The smallest absolute Gasteiger partial charge is 0.356 e. The number of pyridine rings is 1. The predicted octanol–water partition coefficient (Wildman–Crippen LogP) is 7.64. The van der Waals surface area contributed by atoms with Crippen LogP contribution < -0.4 is 5.32 Å². The molecular weight excluding hydrogens is 535 g/mol. The molecule has 2 aromatic heterocycles. The molecule has 0 aliphatic rings. The molecule has 1 atom stereocenters. The highest BCUT2D eigenvalue weighted by atomic mass is 35.5. The highest BCUT2D eigenvalue weighted by Crippen LogP contribution is 2.40. The summed E-state index contributed by atoms with van der Waals surface area (Å²) < 4.78 is 43.5. The zero-order valence-corrected chi connectivity index (χ0v) is 22.3. The van der Waals surface area contributed by atoms with E-state index in [0.717, 1.165) is 33.8 Å². The largest absolute Gasteiger partial charge is 0.417 e. The molecule has 8 heteroatoms. The molecule has 0 saturated heterocycles. The zero-order chi connectivity index (χ0) is 28.1. The number of carbonyl (C=O) groups is 1. The molecule has 1 N–H and O–H groups in total. The fourth-order valence-corrected chi connectivity index (χ4v) is 5.21. The average molecular weight is 562 g/mol. The van der Waals surface area contributed by atoms with Gasteiger partial charge in [0.05, 0.1) is 10.6 Å². The summed E-state index contributed by atoms with van der Waals surface area (Å²) in [7, 11) is 0. The van der Waals surface area contributed by atoms with Gasteiger partial charge >= 0.3 is 6.18 Å². The normalized spacial score (nSPS) is 12.4. The molecule has 4 nitrogen and oxygen atoms in total. The van der Waals surface area contributed by atoms with Crippen LogP contribution in [-0.4, -0.2) is 22.0 Å². The van der Waals surface area contributed by atoms with Crippen LogP contribution in [0, 0.1) is 0 Å². The molecule has 0 bridgehead atoms. The van der Waals surface area contributed by atoms with Crippen molar-refractivity contribution in [1.82, 2.24) is 14.9 Å². The number of fused-ring (bicyclic) bond motifs is 1. The van der Waals surface area contributed by atoms with E-state index in [0.29, 0.717) is 25.1 Å². The zero-order valence-electron chi connectivity index (χ0n) is 21.5. The number of nitrogens with one attached hydrogen (secondary N) is 1. The van der Waals surface area contributed by atoms with Crippen molar-refractivity contribution in [1.29, 1.82) is 0 Å². The fraction of sp³-hybridized carbons (Fsp3) is 0.188. The van der Waals surface area contributed by atoms with Gasteiger partial charge in [-0.15, -0.1) is 0 Å².